The van der Waals surface area contributed by atoms with Crippen molar-refractivity contribution in [2.24, 2.45) is 11.8 Å². The van der Waals surface area contributed by atoms with Gasteiger partial charge in [-0.15, -0.1) is 0 Å². The van der Waals surface area contributed by atoms with Crippen molar-refractivity contribution in [3.63, 3.8) is 0 Å². The molecule has 0 aromatic carbocycles. The van der Waals surface area contributed by atoms with Crippen molar-refractivity contribution in [3.05, 3.63) is 12.2 Å². The highest BCUT2D eigenvalue weighted by Crippen LogP contribution is 2.31. The molecule has 0 aromatic heterocycles. The zero-order valence-corrected chi connectivity index (χ0v) is 8.21. The maximum absolute atomic E-state index is 9.74. The Morgan fingerprint density at radius 2 is 1.83 bits per heavy atom. The SMILES string of the molecule is C=C(C)C(O)C1CCC(C)CC1. The molecule has 0 radical (unpaired) electrons. The molecule has 0 bridgehead atoms. The molecule has 1 nitrogen and oxygen atoms in total. The minimum Gasteiger partial charge on any atom is -0.388 e. The van der Waals surface area contributed by atoms with Crippen LogP contribution in [0, 0.1) is 11.8 Å². The predicted octanol–water partition coefficient (Wildman–Crippen LogP) is 2.75. The van der Waals surface area contributed by atoms with Crippen molar-refractivity contribution in [1.29, 1.82) is 0 Å². The van der Waals surface area contributed by atoms with Gasteiger partial charge in [-0.05, 0) is 31.6 Å². The van der Waals surface area contributed by atoms with Crippen LogP contribution < -0.4 is 0 Å². The number of hydrogen-bond acceptors (Lipinski definition) is 1. The highest BCUT2D eigenvalue weighted by molar-refractivity contribution is 5.00. The summed E-state index contributed by atoms with van der Waals surface area (Å²) < 4.78 is 0. The van der Waals surface area contributed by atoms with Gasteiger partial charge in [0.1, 0.15) is 0 Å². The lowest BCUT2D eigenvalue weighted by Crippen LogP contribution is -2.25. The normalized spacial score (nSPS) is 32.9. The second kappa shape index (κ2) is 4.08. The zero-order valence-electron chi connectivity index (χ0n) is 8.21. The van der Waals surface area contributed by atoms with Crippen LogP contribution in [0.3, 0.4) is 0 Å². The van der Waals surface area contributed by atoms with Crippen LogP contribution in [0.25, 0.3) is 0 Å². The minimum atomic E-state index is -0.252. The summed E-state index contributed by atoms with van der Waals surface area (Å²) in [5.41, 5.74) is 0.926. The average Bonchev–Trinajstić information content (AvgIpc) is 2.04. The summed E-state index contributed by atoms with van der Waals surface area (Å²) in [6.07, 6.45) is 4.64. The third-order valence-corrected chi connectivity index (χ3v) is 3.01. The fourth-order valence-corrected chi connectivity index (χ4v) is 2.00. The van der Waals surface area contributed by atoms with E-state index < -0.39 is 0 Å². The largest absolute Gasteiger partial charge is 0.388 e. The molecule has 1 aliphatic carbocycles. The maximum Gasteiger partial charge on any atom is 0.0772 e. The van der Waals surface area contributed by atoms with E-state index in [2.05, 4.69) is 13.5 Å². The molecule has 1 rings (SSSR count). The standard InChI is InChI=1S/C11H20O/c1-8(2)11(12)10-6-4-9(3)5-7-10/h9-12H,1,4-7H2,2-3H3. The van der Waals surface area contributed by atoms with E-state index >= 15 is 0 Å². The molecule has 1 N–H and O–H groups in total. The average molecular weight is 168 g/mol. The topological polar surface area (TPSA) is 20.2 Å². The first-order valence-corrected chi connectivity index (χ1v) is 4.94. The lowest BCUT2D eigenvalue weighted by molar-refractivity contribution is 0.104. The highest BCUT2D eigenvalue weighted by Gasteiger charge is 2.24. The Labute approximate surface area is 75.5 Å². The fraction of sp³-hybridized carbons (Fsp3) is 0.818. The Morgan fingerprint density at radius 1 is 1.33 bits per heavy atom. The molecule has 0 heterocycles. The quantitative estimate of drug-likeness (QED) is 0.629. The lowest BCUT2D eigenvalue weighted by atomic mass is 9.79. The Hall–Kier alpha value is -0.300. The Bertz CT molecular complexity index is 154. The van der Waals surface area contributed by atoms with Gasteiger partial charge in [-0.2, -0.15) is 0 Å². The fourth-order valence-electron chi connectivity index (χ4n) is 2.00. The van der Waals surface area contributed by atoms with Crippen LogP contribution in [0.15, 0.2) is 12.2 Å². The first-order chi connectivity index (χ1) is 5.61. The minimum absolute atomic E-state index is 0.252. The summed E-state index contributed by atoms with van der Waals surface area (Å²) in [6, 6.07) is 0. The van der Waals surface area contributed by atoms with Gasteiger partial charge in [-0.1, -0.05) is 31.9 Å². The molecule has 1 unspecified atom stereocenters. The summed E-state index contributed by atoms with van der Waals surface area (Å²) in [6.45, 7) is 8.01. The maximum atomic E-state index is 9.74. The van der Waals surface area contributed by atoms with Crippen LogP contribution in [-0.4, -0.2) is 11.2 Å². The molecule has 70 valence electrons. The smallest absolute Gasteiger partial charge is 0.0772 e. The molecule has 1 aliphatic rings. The van der Waals surface area contributed by atoms with Gasteiger partial charge in [-0.25, -0.2) is 0 Å². The Morgan fingerprint density at radius 3 is 2.25 bits per heavy atom. The molecular weight excluding hydrogens is 148 g/mol. The monoisotopic (exact) mass is 168 g/mol. The highest BCUT2D eigenvalue weighted by atomic mass is 16.3. The van der Waals surface area contributed by atoms with Crippen LogP contribution in [-0.2, 0) is 0 Å². The van der Waals surface area contributed by atoms with Crippen molar-refractivity contribution in [1.82, 2.24) is 0 Å². The lowest BCUT2D eigenvalue weighted by Gasteiger charge is -2.29. The van der Waals surface area contributed by atoms with Crippen LogP contribution in [0.4, 0.5) is 0 Å². The Balaban J connectivity index is 2.39. The summed E-state index contributed by atoms with van der Waals surface area (Å²) >= 11 is 0. The third kappa shape index (κ3) is 2.34. The van der Waals surface area contributed by atoms with E-state index in [1.54, 1.807) is 0 Å². The van der Waals surface area contributed by atoms with Gasteiger partial charge in [0.15, 0.2) is 0 Å². The van der Waals surface area contributed by atoms with E-state index in [1.807, 2.05) is 6.92 Å². The van der Waals surface area contributed by atoms with E-state index in [-0.39, 0.29) is 6.10 Å². The number of hydrogen-bond donors (Lipinski definition) is 1. The summed E-state index contributed by atoms with van der Waals surface area (Å²) in [5, 5.41) is 9.74. The van der Waals surface area contributed by atoms with Crippen LogP contribution in [0.2, 0.25) is 0 Å². The number of aliphatic hydroxyl groups is 1. The van der Waals surface area contributed by atoms with Gasteiger partial charge in [0.2, 0.25) is 0 Å². The van der Waals surface area contributed by atoms with Crippen LogP contribution in [0.5, 0.6) is 0 Å². The van der Waals surface area contributed by atoms with Gasteiger partial charge in [0, 0.05) is 0 Å². The van der Waals surface area contributed by atoms with E-state index in [0.29, 0.717) is 5.92 Å². The number of rotatable bonds is 2. The Kier molecular flexibility index (Phi) is 3.33. The van der Waals surface area contributed by atoms with Crippen LogP contribution >= 0.6 is 0 Å². The molecule has 0 spiro atoms. The molecule has 0 saturated heterocycles. The summed E-state index contributed by atoms with van der Waals surface area (Å²) in [4.78, 5) is 0. The molecular formula is C11H20O. The molecule has 12 heavy (non-hydrogen) atoms. The van der Waals surface area contributed by atoms with Gasteiger partial charge >= 0.3 is 0 Å². The molecule has 1 fully saturated rings. The summed E-state index contributed by atoms with van der Waals surface area (Å²) in [7, 11) is 0. The molecule has 1 heteroatoms. The van der Waals surface area contributed by atoms with Gasteiger partial charge in [0.25, 0.3) is 0 Å². The van der Waals surface area contributed by atoms with Crippen molar-refractivity contribution in [2.75, 3.05) is 0 Å². The van der Waals surface area contributed by atoms with Crippen LogP contribution in [0.1, 0.15) is 39.5 Å². The summed E-state index contributed by atoms with van der Waals surface area (Å²) in [5.74, 6) is 1.34. The second-order valence-electron chi connectivity index (χ2n) is 4.31. The van der Waals surface area contributed by atoms with Crippen molar-refractivity contribution < 1.29 is 5.11 Å². The van der Waals surface area contributed by atoms with Gasteiger partial charge < -0.3 is 5.11 Å². The first-order valence-electron chi connectivity index (χ1n) is 4.94. The molecule has 0 amide bonds. The van der Waals surface area contributed by atoms with E-state index in [0.717, 1.165) is 11.5 Å². The van der Waals surface area contributed by atoms with Crippen molar-refractivity contribution in [3.8, 4) is 0 Å². The number of aliphatic hydroxyl groups excluding tert-OH is 1. The first kappa shape index (κ1) is 9.79. The van der Waals surface area contributed by atoms with E-state index in [9.17, 15) is 5.11 Å². The molecule has 1 saturated carbocycles. The van der Waals surface area contributed by atoms with Gasteiger partial charge in [0.05, 0.1) is 6.10 Å². The van der Waals surface area contributed by atoms with Crippen molar-refractivity contribution >= 4 is 0 Å². The molecule has 1 atom stereocenters. The molecule has 0 aliphatic heterocycles. The van der Waals surface area contributed by atoms with Crippen molar-refractivity contribution in [2.45, 2.75) is 45.6 Å². The van der Waals surface area contributed by atoms with Gasteiger partial charge in [-0.3, -0.25) is 0 Å². The third-order valence-electron chi connectivity index (χ3n) is 3.01. The van der Waals surface area contributed by atoms with E-state index in [4.69, 9.17) is 0 Å². The second-order valence-corrected chi connectivity index (χ2v) is 4.31. The molecule has 0 aromatic rings. The predicted molar refractivity (Wildman–Crippen MR) is 51.9 cm³/mol. The van der Waals surface area contributed by atoms with E-state index in [1.165, 1.54) is 25.7 Å². The zero-order chi connectivity index (χ0) is 9.14.